The molecular weight excluding hydrogens is 359 g/mol. The van der Waals surface area contributed by atoms with Crippen LogP contribution < -0.4 is 10.6 Å². The van der Waals surface area contributed by atoms with Gasteiger partial charge in [0.15, 0.2) is 0 Å². The first-order valence-corrected chi connectivity index (χ1v) is 8.24. The Labute approximate surface area is 155 Å². The standard InChI is InChI=1S/C18H14Cl2N4O/c19-14-7-6-13(10-15(14)20)23-18-21-9-8-16(24-18)17(25)22-11-12-4-2-1-3-5-12/h1-10H,11H2,(H,22,25)(H,21,23,24). The average molecular weight is 373 g/mol. The number of carbonyl (C=O) groups is 1. The summed E-state index contributed by atoms with van der Waals surface area (Å²) in [5.74, 6) is 0.0224. The number of carbonyl (C=O) groups excluding carboxylic acids is 1. The van der Waals surface area contributed by atoms with E-state index in [2.05, 4.69) is 20.6 Å². The topological polar surface area (TPSA) is 66.9 Å². The molecule has 0 radical (unpaired) electrons. The Morgan fingerprint density at radius 3 is 2.56 bits per heavy atom. The summed E-state index contributed by atoms with van der Waals surface area (Å²) in [6.07, 6.45) is 1.52. The highest BCUT2D eigenvalue weighted by molar-refractivity contribution is 6.42. The van der Waals surface area contributed by atoms with Crippen molar-refractivity contribution in [2.24, 2.45) is 0 Å². The maximum atomic E-state index is 12.3. The second-order valence-corrected chi connectivity index (χ2v) is 6.00. The molecular formula is C18H14Cl2N4O. The van der Waals surface area contributed by atoms with Crippen LogP contribution in [0.2, 0.25) is 10.0 Å². The van der Waals surface area contributed by atoms with E-state index in [0.717, 1.165) is 5.56 Å². The van der Waals surface area contributed by atoms with Gasteiger partial charge in [-0.3, -0.25) is 4.79 Å². The van der Waals surface area contributed by atoms with Crippen LogP contribution >= 0.6 is 23.2 Å². The van der Waals surface area contributed by atoms with Crippen LogP contribution in [0.5, 0.6) is 0 Å². The van der Waals surface area contributed by atoms with Crippen LogP contribution in [0.4, 0.5) is 11.6 Å². The lowest BCUT2D eigenvalue weighted by atomic mass is 10.2. The number of nitrogens with zero attached hydrogens (tertiary/aromatic N) is 2. The second kappa shape index (κ2) is 7.96. The van der Waals surface area contributed by atoms with Gasteiger partial charge in [-0.15, -0.1) is 0 Å². The Morgan fingerprint density at radius 2 is 1.80 bits per heavy atom. The minimum absolute atomic E-state index is 0.272. The smallest absolute Gasteiger partial charge is 0.270 e. The molecule has 0 aliphatic carbocycles. The summed E-state index contributed by atoms with van der Waals surface area (Å²) in [4.78, 5) is 20.6. The van der Waals surface area contributed by atoms with Crippen molar-refractivity contribution in [2.75, 3.05) is 5.32 Å². The molecule has 25 heavy (non-hydrogen) atoms. The maximum absolute atomic E-state index is 12.3. The highest BCUT2D eigenvalue weighted by Gasteiger charge is 2.09. The lowest BCUT2D eigenvalue weighted by Gasteiger charge is -2.08. The molecule has 3 rings (SSSR count). The zero-order chi connectivity index (χ0) is 17.6. The molecule has 0 fully saturated rings. The van der Waals surface area contributed by atoms with E-state index in [1.165, 1.54) is 6.20 Å². The average Bonchev–Trinajstić information content (AvgIpc) is 2.64. The van der Waals surface area contributed by atoms with E-state index in [9.17, 15) is 4.79 Å². The largest absolute Gasteiger partial charge is 0.347 e. The summed E-state index contributed by atoms with van der Waals surface area (Å²) in [5, 5.41) is 6.70. The van der Waals surface area contributed by atoms with Crippen LogP contribution in [0, 0.1) is 0 Å². The molecule has 1 amide bonds. The Hall–Kier alpha value is -2.63. The van der Waals surface area contributed by atoms with E-state index in [1.54, 1.807) is 24.3 Å². The van der Waals surface area contributed by atoms with Gasteiger partial charge >= 0.3 is 0 Å². The molecule has 7 heteroatoms. The number of amides is 1. The molecule has 0 unspecified atom stereocenters. The summed E-state index contributed by atoms with van der Waals surface area (Å²) in [5.41, 5.74) is 1.96. The number of hydrogen-bond acceptors (Lipinski definition) is 4. The molecule has 0 aliphatic rings. The van der Waals surface area contributed by atoms with E-state index in [1.807, 2.05) is 30.3 Å². The van der Waals surface area contributed by atoms with Crippen molar-refractivity contribution in [2.45, 2.75) is 6.54 Å². The highest BCUT2D eigenvalue weighted by Crippen LogP contribution is 2.26. The molecule has 1 heterocycles. The summed E-state index contributed by atoms with van der Waals surface area (Å²) in [7, 11) is 0. The molecule has 0 saturated heterocycles. The van der Waals surface area contributed by atoms with Gasteiger partial charge in [0.1, 0.15) is 5.69 Å². The third-order valence-corrected chi connectivity index (χ3v) is 4.10. The fraction of sp³-hybridized carbons (Fsp3) is 0.0556. The van der Waals surface area contributed by atoms with Crippen molar-refractivity contribution in [3.05, 3.63) is 82.1 Å². The third kappa shape index (κ3) is 4.68. The van der Waals surface area contributed by atoms with Crippen molar-refractivity contribution in [3.63, 3.8) is 0 Å². The Morgan fingerprint density at radius 1 is 1.00 bits per heavy atom. The number of anilines is 2. The van der Waals surface area contributed by atoms with Gasteiger partial charge in [0.25, 0.3) is 5.91 Å². The number of rotatable bonds is 5. The van der Waals surface area contributed by atoms with Crippen molar-refractivity contribution in [1.29, 1.82) is 0 Å². The summed E-state index contributed by atoms with van der Waals surface area (Å²) >= 11 is 11.9. The van der Waals surface area contributed by atoms with Gasteiger partial charge in [-0.1, -0.05) is 53.5 Å². The molecule has 2 N–H and O–H groups in total. The first kappa shape index (κ1) is 17.2. The third-order valence-electron chi connectivity index (χ3n) is 3.36. The molecule has 3 aromatic rings. The number of nitrogens with one attached hydrogen (secondary N) is 2. The molecule has 0 bridgehead atoms. The Bertz CT molecular complexity index is 887. The van der Waals surface area contributed by atoms with Crippen molar-refractivity contribution in [1.82, 2.24) is 15.3 Å². The van der Waals surface area contributed by atoms with Crippen LogP contribution in [0.1, 0.15) is 16.1 Å². The SMILES string of the molecule is O=C(NCc1ccccc1)c1ccnc(Nc2ccc(Cl)c(Cl)c2)n1. The summed E-state index contributed by atoms with van der Waals surface area (Å²) < 4.78 is 0. The zero-order valence-corrected chi connectivity index (χ0v) is 14.6. The van der Waals surface area contributed by atoms with Gasteiger partial charge < -0.3 is 10.6 Å². The molecule has 126 valence electrons. The summed E-state index contributed by atoms with van der Waals surface area (Å²) in [6, 6.07) is 16.3. The zero-order valence-electron chi connectivity index (χ0n) is 13.0. The fourth-order valence-electron chi connectivity index (χ4n) is 2.12. The van der Waals surface area contributed by atoms with Gasteiger partial charge in [0, 0.05) is 18.4 Å². The molecule has 0 saturated carbocycles. The van der Waals surface area contributed by atoms with Gasteiger partial charge in [0.05, 0.1) is 10.0 Å². The lowest BCUT2D eigenvalue weighted by molar-refractivity contribution is 0.0946. The molecule has 0 aliphatic heterocycles. The number of halogens is 2. The minimum atomic E-state index is -0.275. The van der Waals surface area contributed by atoms with Crippen LogP contribution in [-0.2, 0) is 6.54 Å². The Kier molecular flexibility index (Phi) is 5.48. The predicted octanol–water partition coefficient (Wildman–Crippen LogP) is 4.46. The molecule has 5 nitrogen and oxygen atoms in total. The second-order valence-electron chi connectivity index (χ2n) is 5.19. The van der Waals surface area contributed by atoms with Crippen molar-refractivity contribution in [3.8, 4) is 0 Å². The van der Waals surface area contributed by atoms with Crippen molar-refractivity contribution < 1.29 is 4.79 Å². The molecule has 2 aromatic carbocycles. The van der Waals surface area contributed by atoms with E-state index in [0.29, 0.717) is 28.2 Å². The fourth-order valence-corrected chi connectivity index (χ4v) is 2.42. The summed E-state index contributed by atoms with van der Waals surface area (Å²) in [6.45, 7) is 0.430. The van der Waals surface area contributed by atoms with Crippen LogP contribution in [0.25, 0.3) is 0 Å². The van der Waals surface area contributed by atoms with E-state index >= 15 is 0 Å². The van der Waals surface area contributed by atoms with E-state index in [-0.39, 0.29) is 11.6 Å². The quantitative estimate of drug-likeness (QED) is 0.693. The monoisotopic (exact) mass is 372 g/mol. The van der Waals surface area contributed by atoms with E-state index < -0.39 is 0 Å². The van der Waals surface area contributed by atoms with Gasteiger partial charge in [-0.2, -0.15) is 0 Å². The maximum Gasteiger partial charge on any atom is 0.270 e. The predicted molar refractivity (Wildman–Crippen MR) is 99.4 cm³/mol. The van der Waals surface area contributed by atoms with Crippen LogP contribution in [0.15, 0.2) is 60.8 Å². The lowest BCUT2D eigenvalue weighted by Crippen LogP contribution is -2.24. The number of aromatic nitrogens is 2. The first-order valence-electron chi connectivity index (χ1n) is 7.49. The van der Waals surface area contributed by atoms with Gasteiger partial charge in [-0.05, 0) is 29.8 Å². The van der Waals surface area contributed by atoms with E-state index in [4.69, 9.17) is 23.2 Å². The first-order chi connectivity index (χ1) is 12.1. The highest BCUT2D eigenvalue weighted by atomic mass is 35.5. The van der Waals surface area contributed by atoms with Gasteiger partial charge in [0.2, 0.25) is 5.95 Å². The minimum Gasteiger partial charge on any atom is -0.347 e. The van der Waals surface area contributed by atoms with Crippen LogP contribution in [-0.4, -0.2) is 15.9 Å². The molecule has 1 aromatic heterocycles. The number of benzene rings is 2. The van der Waals surface area contributed by atoms with Crippen LogP contribution in [0.3, 0.4) is 0 Å². The normalized spacial score (nSPS) is 10.3. The Balaban J connectivity index is 1.68. The van der Waals surface area contributed by atoms with Gasteiger partial charge in [-0.25, -0.2) is 9.97 Å². The molecule has 0 atom stereocenters. The van der Waals surface area contributed by atoms with Crippen molar-refractivity contribution >= 4 is 40.7 Å². The number of hydrogen-bond donors (Lipinski definition) is 2. The molecule has 0 spiro atoms.